The molecule has 0 aromatic heterocycles. The Morgan fingerprint density at radius 2 is 2.00 bits per heavy atom. The summed E-state index contributed by atoms with van der Waals surface area (Å²) >= 11 is 6.17. The summed E-state index contributed by atoms with van der Waals surface area (Å²) in [6.45, 7) is 8.09. The number of aryl methyl sites for hydroxylation is 1. The molecule has 1 atom stereocenters. The van der Waals surface area contributed by atoms with Crippen LogP contribution in [0.25, 0.3) is 0 Å². The van der Waals surface area contributed by atoms with Crippen molar-refractivity contribution < 1.29 is 0 Å². The molecule has 0 radical (unpaired) electrons. The van der Waals surface area contributed by atoms with E-state index in [1.807, 2.05) is 13.0 Å². The molecule has 0 saturated carbocycles. The molecule has 0 aliphatic rings. The van der Waals surface area contributed by atoms with Crippen molar-refractivity contribution in [3.05, 3.63) is 34.3 Å². The minimum atomic E-state index is 0.246. The Labute approximate surface area is 110 Å². The molecule has 1 aromatic carbocycles. The number of hydrogen-bond acceptors (Lipinski definition) is 2. The van der Waals surface area contributed by atoms with E-state index in [-0.39, 0.29) is 6.04 Å². The van der Waals surface area contributed by atoms with Crippen molar-refractivity contribution in [3.63, 3.8) is 0 Å². The number of likely N-dealkylation sites (N-methyl/N-ethyl adjacent to an activating group) is 1. The summed E-state index contributed by atoms with van der Waals surface area (Å²) in [5.74, 6) is 0.634. The number of rotatable bonds is 5. The maximum atomic E-state index is 6.17. The zero-order chi connectivity index (χ0) is 13.0. The SMILES string of the molecule is Cc1ccc(C(CN)N(C)CC(C)C)cc1Cl. The summed E-state index contributed by atoms with van der Waals surface area (Å²) in [7, 11) is 2.12. The molecule has 17 heavy (non-hydrogen) atoms. The smallest absolute Gasteiger partial charge is 0.0468 e. The van der Waals surface area contributed by atoms with Gasteiger partial charge in [0, 0.05) is 24.2 Å². The minimum absolute atomic E-state index is 0.246. The topological polar surface area (TPSA) is 29.3 Å². The van der Waals surface area contributed by atoms with Gasteiger partial charge in [-0.25, -0.2) is 0 Å². The first-order chi connectivity index (χ1) is 7.95. The van der Waals surface area contributed by atoms with Gasteiger partial charge in [-0.1, -0.05) is 37.6 Å². The Hall–Kier alpha value is -0.570. The summed E-state index contributed by atoms with van der Waals surface area (Å²) in [5, 5.41) is 0.818. The maximum absolute atomic E-state index is 6.17. The van der Waals surface area contributed by atoms with Gasteiger partial charge in [-0.05, 0) is 37.1 Å². The van der Waals surface area contributed by atoms with Gasteiger partial charge in [0.15, 0.2) is 0 Å². The lowest BCUT2D eigenvalue weighted by Crippen LogP contribution is -2.33. The third-order valence-corrected chi connectivity index (χ3v) is 3.40. The molecule has 1 unspecified atom stereocenters. The average molecular weight is 255 g/mol. The first kappa shape index (κ1) is 14.5. The largest absolute Gasteiger partial charge is 0.329 e. The van der Waals surface area contributed by atoms with Crippen molar-refractivity contribution in [2.75, 3.05) is 20.1 Å². The molecule has 0 spiro atoms. The molecule has 1 rings (SSSR count). The van der Waals surface area contributed by atoms with Crippen molar-refractivity contribution in [2.24, 2.45) is 11.7 Å². The van der Waals surface area contributed by atoms with Gasteiger partial charge in [0.1, 0.15) is 0 Å². The van der Waals surface area contributed by atoms with Gasteiger partial charge in [0.25, 0.3) is 0 Å². The van der Waals surface area contributed by atoms with Crippen LogP contribution in [0.3, 0.4) is 0 Å². The molecule has 0 saturated heterocycles. The predicted octanol–water partition coefficient (Wildman–Crippen LogP) is 3.24. The molecule has 0 aliphatic carbocycles. The molecular formula is C14H23ClN2. The van der Waals surface area contributed by atoms with Crippen molar-refractivity contribution in [1.82, 2.24) is 4.90 Å². The molecule has 0 fully saturated rings. The molecule has 0 aliphatic heterocycles. The van der Waals surface area contributed by atoms with Crippen LogP contribution in [0.5, 0.6) is 0 Å². The quantitative estimate of drug-likeness (QED) is 0.874. The zero-order valence-corrected chi connectivity index (χ0v) is 12.0. The second kappa shape index (κ2) is 6.39. The van der Waals surface area contributed by atoms with Gasteiger partial charge in [-0.15, -0.1) is 0 Å². The molecule has 0 bridgehead atoms. The molecule has 2 N–H and O–H groups in total. The van der Waals surface area contributed by atoms with Crippen LogP contribution in [0.2, 0.25) is 5.02 Å². The van der Waals surface area contributed by atoms with Crippen LogP contribution in [0.4, 0.5) is 0 Å². The van der Waals surface area contributed by atoms with E-state index >= 15 is 0 Å². The van der Waals surface area contributed by atoms with E-state index < -0.39 is 0 Å². The van der Waals surface area contributed by atoms with Crippen molar-refractivity contribution in [3.8, 4) is 0 Å². The zero-order valence-electron chi connectivity index (χ0n) is 11.2. The summed E-state index contributed by atoms with van der Waals surface area (Å²) in [6, 6.07) is 6.46. The monoisotopic (exact) mass is 254 g/mol. The third-order valence-electron chi connectivity index (χ3n) is 2.99. The van der Waals surface area contributed by atoms with Crippen LogP contribution in [0, 0.1) is 12.8 Å². The molecule has 2 nitrogen and oxygen atoms in total. The van der Waals surface area contributed by atoms with E-state index in [9.17, 15) is 0 Å². The van der Waals surface area contributed by atoms with E-state index in [1.165, 1.54) is 5.56 Å². The van der Waals surface area contributed by atoms with Crippen LogP contribution >= 0.6 is 11.6 Å². The number of nitrogens with zero attached hydrogens (tertiary/aromatic N) is 1. The predicted molar refractivity (Wildman–Crippen MR) is 75.5 cm³/mol. The number of halogens is 1. The Morgan fingerprint density at radius 1 is 1.35 bits per heavy atom. The van der Waals surface area contributed by atoms with Crippen LogP contribution in [-0.2, 0) is 0 Å². The average Bonchev–Trinajstić information content (AvgIpc) is 2.23. The van der Waals surface area contributed by atoms with Crippen LogP contribution in [0.1, 0.15) is 31.0 Å². The van der Waals surface area contributed by atoms with Gasteiger partial charge in [-0.3, -0.25) is 4.90 Å². The number of nitrogens with two attached hydrogens (primary N) is 1. The van der Waals surface area contributed by atoms with E-state index in [4.69, 9.17) is 17.3 Å². The second-order valence-electron chi connectivity index (χ2n) is 5.09. The molecular weight excluding hydrogens is 232 g/mol. The highest BCUT2D eigenvalue weighted by Crippen LogP contribution is 2.24. The highest BCUT2D eigenvalue weighted by atomic mass is 35.5. The highest BCUT2D eigenvalue weighted by molar-refractivity contribution is 6.31. The standard InChI is InChI=1S/C14H23ClN2/c1-10(2)9-17(4)14(8-16)12-6-5-11(3)13(15)7-12/h5-7,10,14H,8-9,16H2,1-4H3. The van der Waals surface area contributed by atoms with Crippen molar-refractivity contribution in [2.45, 2.75) is 26.8 Å². The molecule has 1 aromatic rings. The normalized spacial score (nSPS) is 13.4. The first-order valence-electron chi connectivity index (χ1n) is 6.12. The van der Waals surface area contributed by atoms with E-state index in [2.05, 4.69) is 37.9 Å². The van der Waals surface area contributed by atoms with Crippen LogP contribution < -0.4 is 5.73 Å². The maximum Gasteiger partial charge on any atom is 0.0468 e. The van der Waals surface area contributed by atoms with Gasteiger partial charge in [0.2, 0.25) is 0 Å². The highest BCUT2D eigenvalue weighted by Gasteiger charge is 2.16. The molecule has 96 valence electrons. The Balaban J connectivity index is 2.89. The Morgan fingerprint density at radius 3 is 2.47 bits per heavy atom. The fourth-order valence-corrected chi connectivity index (χ4v) is 2.28. The lowest BCUT2D eigenvalue weighted by molar-refractivity contribution is 0.224. The summed E-state index contributed by atoms with van der Waals surface area (Å²) in [6.07, 6.45) is 0. The van der Waals surface area contributed by atoms with E-state index in [1.54, 1.807) is 0 Å². The lowest BCUT2D eigenvalue weighted by atomic mass is 10.0. The van der Waals surface area contributed by atoms with Gasteiger partial charge >= 0.3 is 0 Å². The Kier molecular flexibility index (Phi) is 5.44. The summed E-state index contributed by atoms with van der Waals surface area (Å²) in [4.78, 5) is 2.30. The second-order valence-corrected chi connectivity index (χ2v) is 5.50. The van der Waals surface area contributed by atoms with Crippen molar-refractivity contribution >= 4 is 11.6 Å². The van der Waals surface area contributed by atoms with Gasteiger partial charge in [-0.2, -0.15) is 0 Å². The van der Waals surface area contributed by atoms with Crippen LogP contribution in [-0.4, -0.2) is 25.0 Å². The summed E-state index contributed by atoms with van der Waals surface area (Å²) < 4.78 is 0. The van der Waals surface area contributed by atoms with E-state index in [0.29, 0.717) is 12.5 Å². The summed E-state index contributed by atoms with van der Waals surface area (Å²) in [5.41, 5.74) is 8.19. The molecule has 3 heteroatoms. The van der Waals surface area contributed by atoms with Crippen molar-refractivity contribution in [1.29, 1.82) is 0 Å². The van der Waals surface area contributed by atoms with Gasteiger partial charge < -0.3 is 5.73 Å². The van der Waals surface area contributed by atoms with E-state index in [0.717, 1.165) is 17.1 Å². The third kappa shape index (κ3) is 3.98. The van der Waals surface area contributed by atoms with Crippen LogP contribution in [0.15, 0.2) is 18.2 Å². The molecule has 0 amide bonds. The Bertz CT molecular complexity index is 363. The van der Waals surface area contributed by atoms with Gasteiger partial charge in [0.05, 0.1) is 0 Å². The number of benzene rings is 1. The lowest BCUT2D eigenvalue weighted by Gasteiger charge is -2.29. The fraction of sp³-hybridized carbons (Fsp3) is 0.571. The first-order valence-corrected chi connectivity index (χ1v) is 6.49. The minimum Gasteiger partial charge on any atom is -0.329 e. The fourth-order valence-electron chi connectivity index (χ4n) is 2.09. The molecule has 0 heterocycles. The number of hydrogen-bond donors (Lipinski definition) is 1.